The topological polar surface area (TPSA) is 17.8 Å². The highest BCUT2D eigenvalue weighted by Gasteiger charge is 2.09. The number of aryl methyl sites for hydroxylation is 2. The highest BCUT2D eigenvalue weighted by molar-refractivity contribution is 5.18. The van der Waals surface area contributed by atoms with Crippen LogP contribution in [0, 0.1) is 0 Å². The van der Waals surface area contributed by atoms with Crippen LogP contribution in [0.1, 0.15) is 36.9 Å². The van der Waals surface area contributed by atoms with Crippen LogP contribution in [0.4, 0.5) is 0 Å². The summed E-state index contributed by atoms with van der Waals surface area (Å²) in [6.45, 7) is 0. The van der Waals surface area contributed by atoms with Crippen LogP contribution in [0.15, 0.2) is 6.20 Å². The van der Waals surface area contributed by atoms with E-state index in [0.29, 0.717) is 0 Å². The van der Waals surface area contributed by atoms with Crippen LogP contribution in [0.2, 0.25) is 0 Å². The van der Waals surface area contributed by atoms with Crippen molar-refractivity contribution in [2.24, 2.45) is 7.05 Å². The van der Waals surface area contributed by atoms with Gasteiger partial charge in [0.05, 0.1) is 6.20 Å². The Morgan fingerprint density at radius 3 is 2.75 bits per heavy atom. The number of hydrogen-bond donors (Lipinski definition) is 0. The fraction of sp³-hybridized carbons (Fsp3) is 0.700. The summed E-state index contributed by atoms with van der Waals surface area (Å²) in [5, 5.41) is 4.30. The van der Waals surface area contributed by atoms with Gasteiger partial charge in [0.25, 0.3) is 0 Å². The van der Waals surface area contributed by atoms with Gasteiger partial charge in [0.2, 0.25) is 0 Å². The minimum absolute atomic E-state index is 1.23. The molecule has 0 amide bonds. The van der Waals surface area contributed by atoms with Crippen molar-refractivity contribution < 1.29 is 0 Å². The van der Waals surface area contributed by atoms with Crippen molar-refractivity contribution in [3.05, 3.63) is 17.5 Å². The third-order valence-electron chi connectivity index (χ3n) is 2.76. The molecule has 0 saturated heterocycles. The molecule has 2 heteroatoms. The molecule has 1 aliphatic rings. The molecule has 0 aliphatic heterocycles. The summed E-state index contributed by atoms with van der Waals surface area (Å²) < 4.78 is 2.04. The van der Waals surface area contributed by atoms with Gasteiger partial charge in [-0.05, 0) is 31.2 Å². The molecule has 2 nitrogen and oxygen atoms in total. The summed E-state index contributed by atoms with van der Waals surface area (Å²) in [5.74, 6) is 0. The summed E-state index contributed by atoms with van der Waals surface area (Å²) in [7, 11) is 2.06. The van der Waals surface area contributed by atoms with E-state index in [4.69, 9.17) is 0 Å². The normalized spacial score (nSPS) is 18.1. The molecule has 0 atom stereocenters. The molecule has 2 rings (SSSR count). The lowest BCUT2D eigenvalue weighted by atomic mass is 9.99. The molecule has 12 heavy (non-hydrogen) atoms. The summed E-state index contributed by atoms with van der Waals surface area (Å²) in [6.07, 6.45) is 9.99. The minimum atomic E-state index is 1.23. The van der Waals surface area contributed by atoms with E-state index in [2.05, 4.69) is 12.1 Å². The quantitative estimate of drug-likeness (QED) is 0.574. The van der Waals surface area contributed by atoms with Crippen LogP contribution in [0.25, 0.3) is 0 Å². The Morgan fingerprint density at radius 1 is 1.17 bits per heavy atom. The SMILES string of the molecule is Cn1ncc2c1CCCCCC2. The molecule has 0 aromatic carbocycles. The number of rotatable bonds is 0. The van der Waals surface area contributed by atoms with Crippen molar-refractivity contribution in [2.45, 2.75) is 38.5 Å². The van der Waals surface area contributed by atoms with E-state index in [1.54, 1.807) is 0 Å². The number of hydrogen-bond acceptors (Lipinski definition) is 1. The molecule has 1 heterocycles. The first-order chi connectivity index (χ1) is 5.88. The summed E-state index contributed by atoms with van der Waals surface area (Å²) in [4.78, 5) is 0. The molecule has 1 aliphatic carbocycles. The van der Waals surface area contributed by atoms with Crippen molar-refractivity contribution in [1.29, 1.82) is 0 Å². The van der Waals surface area contributed by atoms with Crippen molar-refractivity contribution in [1.82, 2.24) is 9.78 Å². The molecule has 1 aromatic heterocycles. The van der Waals surface area contributed by atoms with Gasteiger partial charge in [-0.15, -0.1) is 0 Å². The molecule has 0 fully saturated rings. The zero-order chi connectivity index (χ0) is 8.39. The van der Waals surface area contributed by atoms with Gasteiger partial charge in [0.1, 0.15) is 0 Å². The van der Waals surface area contributed by atoms with Crippen LogP contribution in [-0.4, -0.2) is 9.78 Å². The van der Waals surface area contributed by atoms with Crippen molar-refractivity contribution in [3.8, 4) is 0 Å². The molecule has 0 N–H and O–H groups in total. The maximum Gasteiger partial charge on any atom is 0.0524 e. The zero-order valence-electron chi connectivity index (χ0n) is 7.71. The molecule has 66 valence electrons. The standard InChI is InChI=1S/C10H16N2/c1-12-10-7-5-3-2-4-6-9(10)8-11-12/h8H,2-7H2,1H3. The van der Waals surface area contributed by atoms with Gasteiger partial charge < -0.3 is 0 Å². The van der Waals surface area contributed by atoms with Gasteiger partial charge in [0.15, 0.2) is 0 Å². The van der Waals surface area contributed by atoms with Gasteiger partial charge in [0, 0.05) is 12.7 Å². The number of aromatic nitrogens is 2. The average molecular weight is 164 g/mol. The third-order valence-corrected chi connectivity index (χ3v) is 2.76. The van der Waals surface area contributed by atoms with Crippen LogP contribution in [0.3, 0.4) is 0 Å². The lowest BCUT2D eigenvalue weighted by molar-refractivity contribution is 0.591. The Bertz CT molecular complexity index is 263. The Kier molecular flexibility index (Phi) is 2.15. The number of nitrogens with zero attached hydrogens (tertiary/aromatic N) is 2. The molecule has 0 radical (unpaired) electrons. The maximum atomic E-state index is 4.30. The van der Waals surface area contributed by atoms with Crippen LogP contribution in [0.5, 0.6) is 0 Å². The predicted molar refractivity (Wildman–Crippen MR) is 49.1 cm³/mol. The monoisotopic (exact) mass is 164 g/mol. The first kappa shape index (κ1) is 7.84. The Labute approximate surface area is 73.6 Å². The van der Waals surface area contributed by atoms with Crippen LogP contribution in [-0.2, 0) is 19.9 Å². The lowest BCUT2D eigenvalue weighted by Crippen LogP contribution is -2.03. The smallest absolute Gasteiger partial charge is 0.0524 e. The van der Waals surface area contributed by atoms with E-state index >= 15 is 0 Å². The second-order valence-corrected chi connectivity index (χ2v) is 3.65. The van der Waals surface area contributed by atoms with E-state index in [1.807, 2.05) is 10.9 Å². The fourth-order valence-electron chi connectivity index (χ4n) is 2.00. The molecular weight excluding hydrogens is 148 g/mol. The first-order valence-electron chi connectivity index (χ1n) is 4.87. The van der Waals surface area contributed by atoms with Gasteiger partial charge >= 0.3 is 0 Å². The summed E-state index contributed by atoms with van der Waals surface area (Å²) in [5.41, 5.74) is 2.95. The molecule has 1 aromatic rings. The largest absolute Gasteiger partial charge is 0.272 e. The van der Waals surface area contributed by atoms with Gasteiger partial charge in [-0.25, -0.2) is 0 Å². The van der Waals surface area contributed by atoms with Crippen molar-refractivity contribution in [2.75, 3.05) is 0 Å². The van der Waals surface area contributed by atoms with Gasteiger partial charge in [-0.1, -0.05) is 12.8 Å². The minimum Gasteiger partial charge on any atom is -0.272 e. The van der Waals surface area contributed by atoms with E-state index in [-0.39, 0.29) is 0 Å². The Morgan fingerprint density at radius 2 is 1.92 bits per heavy atom. The van der Waals surface area contributed by atoms with E-state index < -0.39 is 0 Å². The maximum absolute atomic E-state index is 4.30. The Hall–Kier alpha value is -0.790. The van der Waals surface area contributed by atoms with Gasteiger partial charge in [-0.3, -0.25) is 4.68 Å². The van der Waals surface area contributed by atoms with Crippen LogP contribution < -0.4 is 0 Å². The third kappa shape index (κ3) is 1.38. The lowest BCUT2D eigenvalue weighted by Gasteiger charge is -2.09. The highest BCUT2D eigenvalue weighted by atomic mass is 15.3. The summed E-state index contributed by atoms with van der Waals surface area (Å²) >= 11 is 0. The van der Waals surface area contributed by atoms with E-state index in [9.17, 15) is 0 Å². The molecule has 0 unspecified atom stereocenters. The number of fused-ring (bicyclic) bond motifs is 1. The van der Waals surface area contributed by atoms with E-state index in [1.165, 1.54) is 49.8 Å². The molecular formula is C10H16N2. The Balaban J connectivity index is 2.26. The second-order valence-electron chi connectivity index (χ2n) is 3.65. The van der Waals surface area contributed by atoms with Gasteiger partial charge in [-0.2, -0.15) is 5.10 Å². The van der Waals surface area contributed by atoms with Crippen molar-refractivity contribution in [3.63, 3.8) is 0 Å². The fourth-order valence-corrected chi connectivity index (χ4v) is 2.00. The van der Waals surface area contributed by atoms with Crippen LogP contribution >= 0.6 is 0 Å². The predicted octanol–water partition coefficient (Wildman–Crippen LogP) is 2.08. The summed E-state index contributed by atoms with van der Waals surface area (Å²) in [6, 6.07) is 0. The molecule has 0 bridgehead atoms. The molecule has 0 saturated carbocycles. The molecule has 0 spiro atoms. The van der Waals surface area contributed by atoms with E-state index in [0.717, 1.165) is 0 Å². The first-order valence-corrected chi connectivity index (χ1v) is 4.87. The van der Waals surface area contributed by atoms with Crippen molar-refractivity contribution >= 4 is 0 Å². The second kappa shape index (κ2) is 3.30. The highest BCUT2D eigenvalue weighted by Crippen LogP contribution is 2.18. The average Bonchev–Trinajstić information content (AvgIpc) is 2.31. The zero-order valence-corrected chi connectivity index (χ0v) is 7.71.